The molecule has 0 saturated carbocycles. The number of likely N-dealkylation sites (tertiary alicyclic amines) is 1. The summed E-state index contributed by atoms with van der Waals surface area (Å²) in [5.41, 5.74) is 8.75. The lowest BCUT2D eigenvalue weighted by molar-refractivity contribution is 0.217. The first-order chi connectivity index (χ1) is 9.74. The van der Waals surface area contributed by atoms with Crippen molar-refractivity contribution in [3.05, 3.63) is 30.5 Å². The van der Waals surface area contributed by atoms with Crippen LogP contribution in [0.3, 0.4) is 0 Å². The second-order valence-corrected chi connectivity index (χ2v) is 5.75. The van der Waals surface area contributed by atoms with E-state index in [4.69, 9.17) is 5.73 Å². The smallest absolute Gasteiger partial charge is 0.0951 e. The average Bonchev–Trinajstić information content (AvgIpc) is 2.47. The molecule has 2 heterocycles. The molecule has 3 N–H and O–H groups in total. The highest BCUT2D eigenvalue weighted by molar-refractivity contribution is 5.98. The zero-order chi connectivity index (χ0) is 13.9. The van der Waals surface area contributed by atoms with Gasteiger partial charge in [-0.05, 0) is 56.6 Å². The van der Waals surface area contributed by atoms with E-state index in [-0.39, 0.29) is 0 Å². The Morgan fingerprint density at radius 2 is 2.30 bits per heavy atom. The standard InChI is InChI=1S/C16H22N4/c1-20-9-3-4-12(11-20)10-19-15-7-6-14(17)16-13(15)5-2-8-18-16/h2,5-8,12,19H,3-4,9-11,17H2,1H3. The number of nitrogen functional groups attached to an aromatic ring is 1. The maximum atomic E-state index is 5.99. The molecule has 0 spiro atoms. The van der Waals surface area contributed by atoms with Crippen LogP contribution in [0.15, 0.2) is 30.5 Å². The molecule has 1 aliphatic rings. The Hall–Kier alpha value is -1.81. The molecule has 4 nitrogen and oxygen atoms in total. The molecule has 1 fully saturated rings. The van der Waals surface area contributed by atoms with Crippen LogP contribution in [0.4, 0.5) is 11.4 Å². The fraction of sp³-hybridized carbons (Fsp3) is 0.438. The van der Waals surface area contributed by atoms with Crippen LogP contribution in [0.1, 0.15) is 12.8 Å². The van der Waals surface area contributed by atoms with E-state index in [0.29, 0.717) is 0 Å². The molecule has 1 aromatic heterocycles. The van der Waals surface area contributed by atoms with E-state index in [1.54, 1.807) is 6.20 Å². The Bertz CT molecular complexity index is 596. The molecule has 4 heteroatoms. The summed E-state index contributed by atoms with van der Waals surface area (Å²) in [6, 6.07) is 8.03. The minimum Gasteiger partial charge on any atom is -0.397 e. The Labute approximate surface area is 120 Å². The number of piperidine rings is 1. The summed E-state index contributed by atoms with van der Waals surface area (Å²) in [5.74, 6) is 0.720. The third kappa shape index (κ3) is 2.70. The van der Waals surface area contributed by atoms with E-state index >= 15 is 0 Å². The van der Waals surface area contributed by atoms with E-state index in [9.17, 15) is 0 Å². The van der Waals surface area contributed by atoms with Crippen molar-refractivity contribution in [2.45, 2.75) is 12.8 Å². The Morgan fingerprint density at radius 1 is 1.40 bits per heavy atom. The molecular weight excluding hydrogens is 248 g/mol. The number of nitrogens with two attached hydrogens (primary N) is 1. The monoisotopic (exact) mass is 270 g/mol. The highest BCUT2D eigenvalue weighted by Gasteiger charge is 2.17. The SMILES string of the molecule is CN1CCCC(CNc2ccc(N)c3ncccc23)C1. The molecule has 20 heavy (non-hydrogen) atoms. The minimum absolute atomic E-state index is 0.720. The van der Waals surface area contributed by atoms with Gasteiger partial charge in [0.1, 0.15) is 0 Å². The number of benzene rings is 1. The summed E-state index contributed by atoms with van der Waals surface area (Å²) < 4.78 is 0. The summed E-state index contributed by atoms with van der Waals surface area (Å²) in [7, 11) is 2.20. The molecule has 3 rings (SSSR count). The number of pyridine rings is 1. The molecule has 2 aromatic rings. The maximum Gasteiger partial charge on any atom is 0.0951 e. The van der Waals surface area contributed by atoms with Crippen LogP contribution >= 0.6 is 0 Å². The van der Waals surface area contributed by atoms with Gasteiger partial charge in [0.25, 0.3) is 0 Å². The molecule has 1 atom stereocenters. The van der Waals surface area contributed by atoms with E-state index in [0.717, 1.165) is 34.7 Å². The Balaban J connectivity index is 1.76. The molecule has 0 amide bonds. The number of aromatic nitrogens is 1. The zero-order valence-electron chi connectivity index (χ0n) is 12.0. The second-order valence-electron chi connectivity index (χ2n) is 5.75. The topological polar surface area (TPSA) is 54.2 Å². The van der Waals surface area contributed by atoms with Crippen molar-refractivity contribution in [2.75, 3.05) is 37.7 Å². The van der Waals surface area contributed by atoms with Gasteiger partial charge in [-0.3, -0.25) is 4.98 Å². The number of hydrogen-bond acceptors (Lipinski definition) is 4. The molecule has 0 radical (unpaired) electrons. The highest BCUT2D eigenvalue weighted by atomic mass is 15.1. The molecular formula is C16H22N4. The van der Waals surface area contributed by atoms with Gasteiger partial charge >= 0.3 is 0 Å². The van der Waals surface area contributed by atoms with Crippen LogP contribution in [0.25, 0.3) is 10.9 Å². The van der Waals surface area contributed by atoms with Crippen LogP contribution in [-0.2, 0) is 0 Å². The lowest BCUT2D eigenvalue weighted by Crippen LogP contribution is -2.35. The molecule has 0 bridgehead atoms. The number of rotatable bonds is 3. The third-order valence-electron chi connectivity index (χ3n) is 4.10. The van der Waals surface area contributed by atoms with Gasteiger partial charge in [0.15, 0.2) is 0 Å². The number of nitrogens with one attached hydrogen (secondary N) is 1. The molecule has 0 aliphatic carbocycles. The van der Waals surface area contributed by atoms with Gasteiger partial charge in [-0.2, -0.15) is 0 Å². The number of nitrogens with zero attached hydrogens (tertiary/aromatic N) is 2. The van der Waals surface area contributed by atoms with Crippen LogP contribution in [0, 0.1) is 5.92 Å². The van der Waals surface area contributed by atoms with Crippen molar-refractivity contribution in [3.63, 3.8) is 0 Å². The highest BCUT2D eigenvalue weighted by Crippen LogP contribution is 2.27. The van der Waals surface area contributed by atoms with Gasteiger partial charge in [-0.15, -0.1) is 0 Å². The van der Waals surface area contributed by atoms with E-state index in [2.05, 4.69) is 34.4 Å². The average molecular weight is 270 g/mol. The van der Waals surface area contributed by atoms with Crippen molar-refractivity contribution in [2.24, 2.45) is 5.92 Å². The van der Waals surface area contributed by atoms with E-state index in [1.807, 2.05) is 12.1 Å². The van der Waals surface area contributed by atoms with Gasteiger partial charge < -0.3 is 16.0 Å². The predicted molar refractivity (Wildman–Crippen MR) is 84.9 cm³/mol. The van der Waals surface area contributed by atoms with Crippen LogP contribution in [0.5, 0.6) is 0 Å². The summed E-state index contributed by atoms with van der Waals surface area (Å²) in [6.45, 7) is 3.42. The van der Waals surface area contributed by atoms with Gasteiger partial charge in [0.05, 0.1) is 11.2 Å². The normalized spacial score (nSPS) is 20.1. The summed E-state index contributed by atoms with van der Waals surface area (Å²) in [5, 5.41) is 4.69. The zero-order valence-corrected chi connectivity index (χ0v) is 12.0. The lowest BCUT2D eigenvalue weighted by Gasteiger charge is -2.30. The summed E-state index contributed by atoms with van der Waals surface area (Å²) in [4.78, 5) is 6.79. The molecule has 1 aromatic carbocycles. The molecule has 1 aliphatic heterocycles. The number of anilines is 2. The minimum atomic E-state index is 0.720. The predicted octanol–water partition coefficient (Wildman–Crippen LogP) is 2.57. The van der Waals surface area contributed by atoms with Crippen molar-refractivity contribution in [1.29, 1.82) is 0 Å². The fourth-order valence-electron chi connectivity index (χ4n) is 3.04. The first-order valence-electron chi connectivity index (χ1n) is 7.29. The Kier molecular flexibility index (Phi) is 3.74. The van der Waals surface area contributed by atoms with E-state index in [1.165, 1.54) is 25.9 Å². The largest absolute Gasteiger partial charge is 0.397 e. The first kappa shape index (κ1) is 13.2. The quantitative estimate of drug-likeness (QED) is 0.842. The molecule has 1 saturated heterocycles. The molecule has 106 valence electrons. The van der Waals surface area contributed by atoms with Crippen molar-refractivity contribution in [1.82, 2.24) is 9.88 Å². The number of hydrogen-bond donors (Lipinski definition) is 2. The van der Waals surface area contributed by atoms with Crippen molar-refractivity contribution >= 4 is 22.3 Å². The van der Waals surface area contributed by atoms with Crippen LogP contribution in [0.2, 0.25) is 0 Å². The van der Waals surface area contributed by atoms with Crippen LogP contribution in [-0.4, -0.2) is 36.6 Å². The van der Waals surface area contributed by atoms with Gasteiger partial charge in [-0.1, -0.05) is 0 Å². The second kappa shape index (κ2) is 5.67. The maximum absolute atomic E-state index is 5.99. The van der Waals surface area contributed by atoms with Crippen molar-refractivity contribution < 1.29 is 0 Å². The Morgan fingerprint density at radius 3 is 3.15 bits per heavy atom. The van der Waals surface area contributed by atoms with Gasteiger partial charge in [0.2, 0.25) is 0 Å². The molecule has 1 unspecified atom stereocenters. The van der Waals surface area contributed by atoms with Crippen molar-refractivity contribution in [3.8, 4) is 0 Å². The lowest BCUT2D eigenvalue weighted by atomic mass is 9.98. The summed E-state index contributed by atoms with van der Waals surface area (Å²) >= 11 is 0. The number of fused-ring (bicyclic) bond motifs is 1. The van der Waals surface area contributed by atoms with Crippen LogP contribution < -0.4 is 11.1 Å². The van der Waals surface area contributed by atoms with E-state index < -0.39 is 0 Å². The summed E-state index contributed by atoms with van der Waals surface area (Å²) in [6.07, 6.45) is 4.40. The van der Waals surface area contributed by atoms with Gasteiger partial charge in [0, 0.05) is 30.4 Å². The van der Waals surface area contributed by atoms with Gasteiger partial charge in [-0.25, -0.2) is 0 Å². The fourth-order valence-corrected chi connectivity index (χ4v) is 3.04. The first-order valence-corrected chi connectivity index (χ1v) is 7.29. The third-order valence-corrected chi connectivity index (χ3v) is 4.10.